The molecule has 35 heavy (non-hydrogen) atoms. The Bertz CT molecular complexity index is 1190. The zero-order chi connectivity index (χ0) is 25.2. The van der Waals surface area contributed by atoms with E-state index < -0.39 is 21.7 Å². The van der Waals surface area contributed by atoms with Crippen molar-refractivity contribution in [1.82, 2.24) is 9.29 Å². The highest BCUT2D eigenvalue weighted by Crippen LogP contribution is 2.44. The van der Waals surface area contributed by atoms with Gasteiger partial charge in [-0.1, -0.05) is 36.8 Å². The number of carbonyl (C=O) groups is 1. The smallest absolute Gasteiger partial charge is 0.354 e. The highest BCUT2D eigenvalue weighted by Gasteiger charge is 2.40. The first-order valence-electron chi connectivity index (χ1n) is 12.3. The molecule has 1 aromatic carbocycles. The van der Waals surface area contributed by atoms with Gasteiger partial charge in [-0.3, -0.25) is 0 Å². The number of aromatic nitrogens is 1. The van der Waals surface area contributed by atoms with E-state index in [0.717, 1.165) is 28.7 Å². The van der Waals surface area contributed by atoms with Crippen molar-refractivity contribution >= 4 is 17.0 Å². The lowest BCUT2D eigenvalue weighted by atomic mass is 9.95. The molecule has 2 heterocycles. The summed E-state index contributed by atoms with van der Waals surface area (Å²) in [5.41, 5.74) is 3.81. The van der Waals surface area contributed by atoms with Crippen molar-refractivity contribution in [2.75, 3.05) is 6.61 Å². The standard InChI is InChI=1S/C28H34N2O4S/c1-28(2,3)35(34)30-18-22-17-23(27(32)33)29-26(25(22)24(30)14-15-31)21-13-7-12-20(16-21)11-6-10-19-8-4-5-9-19/h7,12-13,16-17,19,24,31H,4-5,8-10,14-15,18H2,1-3H3,(H,32,33)/t24-,35-/m0/s1. The average molecular weight is 495 g/mol. The van der Waals surface area contributed by atoms with E-state index in [1.54, 1.807) is 6.07 Å². The average Bonchev–Trinajstić information content (AvgIpc) is 3.46. The van der Waals surface area contributed by atoms with E-state index in [-0.39, 0.29) is 18.3 Å². The third kappa shape index (κ3) is 5.66. The van der Waals surface area contributed by atoms with Crippen LogP contribution < -0.4 is 0 Å². The molecule has 2 atom stereocenters. The van der Waals surface area contributed by atoms with Crippen LogP contribution in [0.3, 0.4) is 0 Å². The van der Waals surface area contributed by atoms with Gasteiger partial charge in [-0.25, -0.2) is 18.3 Å². The number of carboxylic acids is 1. The van der Waals surface area contributed by atoms with Gasteiger partial charge in [0.05, 0.1) is 16.5 Å². The first kappa shape index (κ1) is 25.6. The van der Waals surface area contributed by atoms with E-state index in [1.165, 1.54) is 25.7 Å². The summed E-state index contributed by atoms with van der Waals surface area (Å²) in [5.74, 6) is 6.19. The Balaban J connectivity index is 1.76. The van der Waals surface area contributed by atoms with Gasteiger partial charge in [-0.05, 0) is 69.7 Å². The first-order valence-corrected chi connectivity index (χ1v) is 13.5. The summed E-state index contributed by atoms with van der Waals surface area (Å²) in [6.07, 6.45) is 6.39. The van der Waals surface area contributed by atoms with Crippen LogP contribution in [0, 0.1) is 17.8 Å². The van der Waals surface area contributed by atoms with Gasteiger partial charge in [-0.15, -0.1) is 0 Å². The molecule has 0 spiro atoms. The zero-order valence-electron chi connectivity index (χ0n) is 20.7. The van der Waals surface area contributed by atoms with Crippen molar-refractivity contribution in [2.45, 2.75) is 76.6 Å². The second-order valence-electron chi connectivity index (χ2n) is 10.4. The van der Waals surface area contributed by atoms with Crippen molar-refractivity contribution in [3.8, 4) is 23.1 Å². The van der Waals surface area contributed by atoms with Crippen LogP contribution in [0.25, 0.3) is 11.3 Å². The van der Waals surface area contributed by atoms with Crippen LogP contribution in [0.2, 0.25) is 0 Å². The monoisotopic (exact) mass is 494 g/mol. The Labute approximate surface area is 210 Å². The Kier molecular flexibility index (Phi) is 7.75. The number of aliphatic hydroxyl groups is 1. The minimum absolute atomic E-state index is 0.0392. The molecule has 1 aliphatic heterocycles. The number of nitrogens with zero attached hydrogens (tertiary/aromatic N) is 2. The van der Waals surface area contributed by atoms with E-state index in [9.17, 15) is 19.2 Å². The fraction of sp³-hybridized carbons (Fsp3) is 0.500. The van der Waals surface area contributed by atoms with Crippen LogP contribution in [-0.4, -0.2) is 41.0 Å². The van der Waals surface area contributed by atoms with E-state index in [1.807, 2.05) is 49.3 Å². The van der Waals surface area contributed by atoms with Crippen molar-refractivity contribution in [3.05, 3.63) is 52.7 Å². The van der Waals surface area contributed by atoms with Gasteiger partial charge in [0.15, 0.2) is 0 Å². The molecule has 1 saturated carbocycles. The molecule has 4 rings (SSSR count). The summed E-state index contributed by atoms with van der Waals surface area (Å²) < 4.78 is 14.7. The normalized spacial score (nSPS) is 19.3. The summed E-state index contributed by atoms with van der Waals surface area (Å²) >= 11 is 0. The molecule has 0 amide bonds. The first-order chi connectivity index (χ1) is 16.7. The molecule has 1 aliphatic carbocycles. The largest absolute Gasteiger partial charge is 0.477 e. The maximum atomic E-state index is 13.4. The molecule has 0 unspecified atom stereocenters. The Hall–Kier alpha value is -2.53. The second-order valence-corrected chi connectivity index (χ2v) is 12.6. The van der Waals surface area contributed by atoms with Crippen molar-refractivity contribution in [1.29, 1.82) is 0 Å². The van der Waals surface area contributed by atoms with Crippen LogP contribution in [-0.2, 0) is 17.5 Å². The molecule has 0 radical (unpaired) electrons. The Morgan fingerprint density at radius 3 is 2.63 bits per heavy atom. The molecule has 0 bridgehead atoms. The quantitative estimate of drug-likeness (QED) is 0.547. The molecule has 0 saturated heterocycles. The van der Waals surface area contributed by atoms with Crippen molar-refractivity contribution in [3.63, 3.8) is 0 Å². The maximum absolute atomic E-state index is 13.4. The van der Waals surface area contributed by atoms with Gasteiger partial charge in [-0.2, -0.15) is 0 Å². The van der Waals surface area contributed by atoms with Crippen molar-refractivity contribution in [2.24, 2.45) is 5.92 Å². The lowest BCUT2D eigenvalue weighted by Crippen LogP contribution is -2.36. The second kappa shape index (κ2) is 10.6. The van der Waals surface area contributed by atoms with E-state index in [4.69, 9.17) is 0 Å². The van der Waals surface area contributed by atoms with E-state index in [0.29, 0.717) is 24.6 Å². The number of rotatable bonds is 6. The molecule has 6 nitrogen and oxygen atoms in total. The van der Waals surface area contributed by atoms with E-state index in [2.05, 4.69) is 16.8 Å². The van der Waals surface area contributed by atoms with Crippen molar-refractivity contribution < 1.29 is 19.2 Å². The van der Waals surface area contributed by atoms with Gasteiger partial charge in [0.25, 0.3) is 0 Å². The third-order valence-corrected chi connectivity index (χ3v) is 8.60. The summed E-state index contributed by atoms with van der Waals surface area (Å²) in [6.45, 7) is 6.02. The van der Waals surface area contributed by atoms with Gasteiger partial charge in [0.1, 0.15) is 16.7 Å². The lowest BCUT2D eigenvalue weighted by molar-refractivity contribution is 0.0690. The van der Waals surface area contributed by atoms with Crippen LogP contribution in [0.5, 0.6) is 0 Å². The summed E-state index contributed by atoms with van der Waals surface area (Å²) in [5, 5.41) is 19.6. The summed E-state index contributed by atoms with van der Waals surface area (Å²) in [7, 11) is -1.34. The number of hydrogen-bond donors (Lipinski definition) is 2. The minimum Gasteiger partial charge on any atom is -0.477 e. The van der Waals surface area contributed by atoms with Crippen LogP contribution in [0.4, 0.5) is 0 Å². The number of carboxylic acid groups (broad SMARTS) is 1. The van der Waals surface area contributed by atoms with Gasteiger partial charge in [0, 0.05) is 36.3 Å². The fourth-order valence-corrected chi connectivity index (χ4v) is 6.46. The SMILES string of the molecule is CC(C)(C)[S@](=O)N1Cc2cc(C(=O)O)nc(-c3cccc(C#CCC4CCCC4)c3)c2[C@@H]1CCO. The van der Waals surface area contributed by atoms with Gasteiger partial charge >= 0.3 is 5.97 Å². The van der Waals surface area contributed by atoms with Crippen LogP contribution in [0.1, 0.15) is 92.5 Å². The molecule has 1 aromatic heterocycles. The van der Waals surface area contributed by atoms with Crippen LogP contribution in [0.15, 0.2) is 30.3 Å². The fourth-order valence-electron chi connectivity index (χ4n) is 5.05. The number of fused-ring (bicyclic) bond motifs is 1. The van der Waals surface area contributed by atoms with Gasteiger partial charge in [0.2, 0.25) is 0 Å². The molecule has 7 heteroatoms. The Morgan fingerprint density at radius 2 is 1.97 bits per heavy atom. The molecule has 2 aliphatic rings. The number of aliphatic hydroxyl groups excluding tert-OH is 1. The zero-order valence-corrected chi connectivity index (χ0v) is 21.5. The predicted molar refractivity (Wildman–Crippen MR) is 138 cm³/mol. The molecule has 186 valence electrons. The predicted octanol–water partition coefficient (Wildman–Crippen LogP) is 5.08. The number of pyridine rings is 1. The van der Waals surface area contributed by atoms with E-state index >= 15 is 0 Å². The molecular formula is C28H34N2O4S. The number of benzene rings is 1. The highest BCUT2D eigenvalue weighted by molar-refractivity contribution is 7.84. The molecule has 2 N–H and O–H groups in total. The molecule has 1 fully saturated rings. The lowest BCUT2D eigenvalue weighted by Gasteiger charge is -2.30. The topological polar surface area (TPSA) is 90.7 Å². The molecule has 2 aromatic rings. The molecular weight excluding hydrogens is 460 g/mol. The maximum Gasteiger partial charge on any atom is 0.354 e. The minimum atomic E-state index is -1.34. The third-order valence-electron chi connectivity index (χ3n) is 6.74. The van der Waals surface area contributed by atoms with Crippen LogP contribution >= 0.6 is 0 Å². The highest BCUT2D eigenvalue weighted by atomic mass is 32.2. The Morgan fingerprint density at radius 1 is 1.23 bits per heavy atom. The number of hydrogen-bond acceptors (Lipinski definition) is 4. The number of aromatic carboxylic acids is 1. The summed E-state index contributed by atoms with van der Waals surface area (Å²) in [4.78, 5) is 16.4. The van der Waals surface area contributed by atoms with Gasteiger partial charge < -0.3 is 10.2 Å². The summed E-state index contributed by atoms with van der Waals surface area (Å²) in [6, 6.07) is 9.00.